The summed E-state index contributed by atoms with van der Waals surface area (Å²) in [5.41, 5.74) is 0. The number of alkyl halides is 6. The zero-order chi connectivity index (χ0) is 18.6. The molecule has 0 saturated carbocycles. The average molecular weight is 439 g/mol. The topological polar surface area (TPSA) is 35.5 Å². The molecule has 0 radical (unpaired) electrons. The number of halogens is 6. The van der Waals surface area contributed by atoms with Crippen LogP contribution in [0.3, 0.4) is 0 Å². The van der Waals surface area contributed by atoms with Crippen molar-refractivity contribution in [2.45, 2.75) is 84.0 Å². The maximum atomic E-state index is 10.5. The number of esters is 1. The van der Waals surface area contributed by atoms with Gasteiger partial charge in [0, 0.05) is 6.08 Å². The minimum atomic E-state index is -4.62. The summed E-state index contributed by atoms with van der Waals surface area (Å²) in [6.45, 7) is 6.16. The largest absolute Gasteiger partial charge is 0.435 e. The molecule has 184 valence electrons. The highest BCUT2D eigenvalue weighted by Crippen LogP contribution is 2.13. The lowest BCUT2D eigenvalue weighted by Crippen LogP contribution is -2.12. The van der Waals surface area contributed by atoms with Crippen molar-refractivity contribution >= 4 is 5.97 Å². The van der Waals surface area contributed by atoms with E-state index >= 15 is 0 Å². The minimum absolute atomic E-state index is 0. The van der Waals surface area contributed by atoms with Crippen LogP contribution in [0, 0.1) is 0 Å². The highest BCUT2D eigenvalue weighted by Gasteiger charge is 2.26. The molecule has 0 aromatic rings. The molecule has 0 bridgehead atoms. The van der Waals surface area contributed by atoms with Gasteiger partial charge in [0.15, 0.2) is 13.5 Å². The summed E-state index contributed by atoms with van der Waals surface area (Å²) in [6, 6.07) is 0. The van der Waals surface area contributed by atoms with Crippen LogP contribution in [0.1, 0.15) is 71.8 Å². The Morgan fingerprint density at radius 3 is 1.46 bits per heavy atom. The highest BCUT2D eigenvalue weighted by atomic mass is 19.4. The standard InChI is InChI=1S/C8H14O3.C2H2F4.C2H5F.CH3F.6CH4/c1-4-7(3)10-6-11-8(9)5-2;3-1-2(4,5)6;1-2-3;1-2;;;;;;/h5,7H,2,4,6H2,1,3H3;1H2;2H2,1H3;1H3;6*1H4. The fraction of sp³-hybridized carbons (Fsp3) is 0.842. The molecular formula is C19H48F6O3. The quantitative estimate of drug-likeness (QED) is 0.187. The third-order valence-corrected chi connectivity index (χ3v) is 1.45. The number of ether oxygens (including phenoxy) is 2. The number of carbonyl (C=O) groups excluding carboxylic acids is 1. The van der Waals surface area contributed by atoms with Crippen LogP contribution in [0.5, 0.6) is 0 Å². The van der Waals surface area contributed by atoms with Crippen molar-refractivity contribution in [2.75, 3.05) is 27.3 Å². The van der Waals surface area contributed by atoms with Crippen LogP contribution < -0.4 is 0 Å². The first-order valence-corrected chi connectivity index (χ1v) is 6.15. The van der Waals surface area contributed by atoms with Crippen molar-refractivity contribution in [3.05, 3.63) is 12.7 Å². The zero-order valence-electron chi connectivity index (χ0n) is 13.2. The van der Waals surface area contributed by atoms with Crippen LogP contribution in [0.4, 0.5) is 26.3 Å². The fourth-order valence-electron chi connectivity index (χ4n) is 0.385. The van der Waals surface area contributed by atoms with Gasteiger partial charge in [-0.25, -0.2) is 9.18 Å². The van der Waals surface area contributed by atoms with Gasteiger partial charge in [0.05, 0.1) is 20.0 Å². The normalized spacial score (nSPS) is 8.21. The van der Waals surface area contributed by atoms with Gasteiger partial charge in [-0.15, -0.1) is 0 Å². The molecule has 0 aromatic heterocycles. The predicted octanol–water partition coefficient (Wildman–Crippen LogP) is 8.38. The molecule has 0 spiro atoms. The van der Waals surface area contributed by atoms with E-state index in [0.29, 0.717) is 7.18 Å². The van der Waals surface area contributed by atoms with Crippen molar-refractivity contribution in [3.63, 3.8) is 0 Å². The lowest BCUT2D eigenvalue weighted by molar-refractivity contribution is -0.154. The number of hydrogen-bond donors (Lipinski definition) is 0. The van der Waals surface area contributed by atoms with E-state index in [1.807, 2.05) is 13.8 Å². The molecule has 0 aliphatic carbocycles. The first-order chi connectivity index (χ1) is 10.2. The van der Waals surface area contributed by atoms with Crippen molar-refractivity contribution < 1.29 is 40.6 Å². The maximum Gasteiger partial charge on any atom is 0.416 e. The molecule has 0 aliphatic heterocycles. The SMILES string of the molecule is C.C.C.C.C.C.C=CC(=O)OCOC(C)CC.CCF.CF.FCC(F)(F)F. The van der Waals surface area contributed by atoms with Crippen LogP contribution in [-0.4, -0.2) is 45.6 Å². The van der Waals surface area contributed by atoms with Gasteiger partial charge in [0.2, 0.25) is 0 Å². The lowest BCUT2D eigenvalue weighted by atomic mass is 10.3. The number of rotatable bonds is 5. The van der Waals surface area contributed by atoms with Crippen molar-refractivity contribution in [2.24, 2.45) is 0 Å². The van der Waals surface area contributed by atoms with Gasteiger partial charge in [0.1, 0.15) is 0 Å². The van der Waals surface area contributed by atoms with E-state index in [-0.39, 0.29) is 64.1 Å². The fourth-order valence-corrected chi connectivity index (χ4v) is 0.385. The Bertz CT molecular complexity index is 238. The molecule has 0 saturated heterocycles. The second-order valence-corrected chi connectivity index (χ2v) is 3.19. The molecule has 0 fully saturated rings. The van der Waals surface area contributed by atoms with Crippen LogP contribution in [0.25, 0.3) is 0 Å². The van der Waals surface area contributed by atoms with Gasteiger partial charge in [0.25, 0.3) is 0 Å². The van der Waals surface area contributed by atoms with Gasteiger partial charge < -0.3 is 9.47 Å². The molecule has 0 N–H and O–H groups in total. The Labute approximate surface area is 171 Å². The van der Waals surface area contributed by atoms with Gasteiger partial charge in [-0.1, -0.05) is 58.1 Å². The monoisotopic (exact) mass is 438 g/mol. The van der Waals surface area contributed by atoms with E-state index in [9.17, 15) is 31.1 Å². The predicted molar refractivity (Wildman–Crippen MR) is 113 cm³/mol. The van der Waals surface area contributed by atoms with Crippen molar-refractivity contribution in [1.82, 2.24) is 0 Å². The van der Waals surface area contributed by atoms with Crippen molar-refractivity contribution in [1.29, 1.82) is 0 Å². The minimum Gasteiger partial charge on any atom is -0.435 e. The van der Waals surface area contributed by atoms with Gasteiger partial charge in [-0.2, -0.15) is 13.2 Å². The second-order valence-electron chi connectivity index (χ2n) is 3.19. The van der Waals surface area contributed by atoms with Crippen LogP contribution in [0.15, 0.2) is 12.7 Å². The zero-order valence-corrected chi connectivity index (χ0v) is 13.2. The molecule has 0 rings (SSSR count). The van der Waals surface area contributed by atoms with Crippen LogP contribution >= 0.6 is 0 Å². The van der Waals surface area contributed by atoms with Crippen LogP contribution in [-0.2, 0) is 14.3 Å². The molecule has 0 heterocycles. The first kappa shape index (κ1) is 63.2. The molecule has 0 amide bonds. The molecule has 0 aromatic carbocycles. The summed E-state index contributed by atoms with van der Waals surface area (Å²) in [6.07, 6.45) is -2.47. The number of hydrogen-bond acceptors (Lipinski definition) is 3. The third-order valence-electron chi connectivity index (χ3n) is 1.45. The van der Waals surface area contributed by atoms with E-state index in [1.165, 1.54) is 6.92 Å². The molecule has 28 heavy (non-hydrogen) atoms. The van der Waals surface area contributed by atoms with E-state index < -0.39 is 18.8 Å². The number of carbonyl (C=O) groups is 1. The summed E-state index contributed by atoms with van der Waals surface area (Å²) in [5, 5.41) is 0. The molecule has 9 heteroatoms. The van der Waals surface area contributed by atoms with Gasteiger partial charge in [-0.3, -0.25) is 8.78 Å². The van der Waals surface area contributed by atoms with Gasteiger partial charge in [-0.05, 0) is 20.3 Å². The van der Waals surface area contributed by atoms with Crippen LogP contribution in [0.2, 0.25) is 0 Å². The van der Waals surface area contributed by atoms with E-state index in [0.717, 1.165) is 12.5 Å². The van der Waals surface area contributed by atoms with Crippen molar-refractivity contribution in [3.8, 4) is 0 Å². The maximum absolute atomic E-state index is 10.5. The molecular weight excluding hydrogens is 390 g/mol. The Balaban J connectivity index is -0.0000000210. The Hall–Kier alpha value is -1.25. The average Bonchev–Trinajstić information content (AvgIpc) is 2.49. The van der Waals surface area contributed by atoms with E-state index in [4.69, 9.17) is 4.74 Å². The summed E-state index contributed by atoms with van der Waals surface area (Å²) in [7, 11) is 0.500. The first-order valence-electron chi connectivity index (χ1n) is 6.15. The second kappa shape index (κ2) is 50.1. The Morgan fingerprint density at radius 2 is 1.29 bits per heavy atom. The Kier molecular flexibility index (Phi) is 113. The highest BCUT2D eigenvalue weighted by molar-refractivity contribution is 5.81. The smallest absolute Gasteiger partial charge is 0.416 e. The molecule has 1 unspecified atom stereocenters. The Morgan fingerprint density at radius 1 is 1.00 bits per heavy atom. The van der Waals surface area contributed by atoms with E-state index in [2.05, 4.69) is 11.3 Å². The third kappa shape index (κ3) is 101. The molecule has 0 aliphatic rings. The van der Waals surface area contributed by atoms with E-state index in [1.54, 1.807) is 0 Å². The summed E-state index contributed by atoms with van der Waals surface area (Å²) in [5.74, 6) is -0.451. The lowest BCUT2D eigenvalue weighted by Gasteiger charge is -2.09. The van der Waals surface area contributed by atoms with Gasteiger partial charge >= 0.3 is 12.1 Å². The summed E-state index contributed by atoms with van der Waals surface area (Å²) >= 11 is 0. The summed E-state index contributed by atoms with van der Waals surface area (Å²) in [4.78, 5) is 10.5. The molecule has 1 atom stereocenters. The molecule has 3 nitrogen and oxygen atoms in total. The summed E-state index contributed by atoms with van der Waals surface area (Å²) < 4.78 is 71.1.